The molecule has 0 atom stereocenters. The van der Waals surface area contributed by atoms with Gasteiger partial charge in [-0.25, -0.2) is 4.89 Å². The highest BCUT2D eigenvalue weighted by atomic mass is 32.3. The van der Waals surface area contributed by atoms with Crippen molar-refractivity contribution in [2.24, 2.45) is 0 Å². The quantitative estimate of drug-likeness (QED) is 0.249. The summed E-state index contributed by atoms with van der Waals surface area (Å²) in [5, 5.41) is 0. The van der Waals surface area contributed by atoms with Crippen LogP contribution in [0.25, 0.3) is 0 Å². The van der Waals surface area contributed by atoms with Crippen molar-refractivity contribution in [3.8, 4) is 0 Å². The van der Waals surface area contributed by atoms with E-state index < -0.39 is 10.4 Å². The summed E-state index contributed by atoms with van der Waals surface area (Å²) in [6.45, 7) is 1.59. The monoisotopic (exact) mass is 168 g/mol. The van der Waals surface area contributed by atoms with Crippen LogP contribution in [0.2, 0.25) is 0 Å². The van der Waals surface area contributed by atoms with Gasteiger partial charge in [0.05, 0.1) is 6.61 Å². The molecular weight excluding hydrogens is 160 g/mol. The van der Waals surface area contributed by atoms with E-state index in [1.54, 1.807) is 0 Å². The third kappa shape index (κ3) is 11.9. The van der Waals surface area contributed by atoms with Gasteiger partial charge >= 0.3 is 33.5 Å². The number of hydrogen-bond donors (Lipinski definition) is 1. The van der Waals surface area contributed by atoms with E-state index in [1.807, 2.05) is 0 Å². The lowest BCUT2D eigenvalue weighted by atomic mass is 10.9. The highest BCUT2D eigenvalue weighted by Crippen LogP contribution is 1.85. The van der Waals surface area contributed by atoms with E-state index >= 15 is 0 Å². The van der Waals surface area contributed by atoms with Crippen LogP contribution in [0.3, 0.4) is 0 Å². The fourth-order valence-corrected chi connectivity index (χ4v) is 0.327. The molecule has 0 aromatic carbocycles. The molecule has 0 rings (SSSR count). The molecule has 0 aliphatic rings. The largest absolute Gasteiger partial charge is 0.424 e. The van der Waals surface area contributed by atoms with Crippen molar-refractivity contribution in [2.75, 3.05) is 6.61 Å². The predicted molar refractivity (Wildman–Crippen MR) is 32.8 cm³/mol. The summed E-state index contributed by atoms with van der Waals surface area (Å²) < 4.78 is 30.4. The zero-order valence-corrected chi connectivity index (χ0v) is 5.01. The summed E-state index contributed by atoms with van der Waals surface area (Å²) in [4.78, 5) is 3.86. The first kappa shape index (κ1) is 12.3. The van der Waals surface area contributed by atoms with Gasteiger partial charge in [0.2, 0.25) is 0 Å². The van der Waals surface area contributed by atoms with Crippen molar-refractivity contribution in [1.29, 1.82) is 0 Å². The molecule has 0 aliphatic heterocycles. The molecule has 0 saturated carbocycles. The Labute approximate surface area is 69.4 Å². The van der Waals surface area contributed by atoms with Gasteiger partial charge in [-0.05, 0) is 6.92 Å². The average molecular weight is 168 g/mol. The fraction of sp³-hybridized carbons (Fsp3) is 1.00. The molecule has 0 saturated heterocycles. The smallest absolute Gasteiger partial charge is 0.262 e. The highest BCUT2D eigenvalue weighted by molar-refractivity contribution is 7.80. The Kier molecular flexibility index (Phi) is 7.35. The highest BCUT2D eigenvalue weighted by Gasteiger charge is 2.02. The lowest BCUT2D eigenvalue weighted by Crippen LogP contribution is -2.03. The molecular formula is C2H8MgO5S. The molecule has 9 heavy (non-hydrogen) atoms. The molecule has 0 unspecified atom stereocenters. The maximum Gasteiger partial charge on any atom is 0.424 e. The zero-order valence-electron chi connectivity index (χ0n) is 4.20. The van der Waals surface area contributed by atoms with Crippen molar-refractivity contribution in [3.05, 3.63) is 0 Å². The molecule has 0 spiro atoms. The van der Waals surface area contributed by atoms with E-state index in [4.69, 9.17) is 4.55 Å². The molecule has 0 aromatic rings. The van der Waals surface area contributed by atoms with E-state index in [2.05, 4.69) is 9.22 Å². The molecule has 0 aromatic heterocycles. The Bertz CT molecular complexity index is 139. The number of rotatable bonds is 3. The molecule has 5 nitrogen and oxygen atoms in total. The van der Waals surface area contributed by atoms with Gasteiger partial charge < -0.3 is 0 Å². The van der Waals surface area contributed by atoms with Crippen LogP contribution in [-0.4, -0.2) is 42.6 Å². The lowest BCUT2D eigenvalue weighted by molar-refractivity contribution is -0.203. The standard InChI is InChI=1S/C2H6O5S.Mg.2H/c1-2-6-7-8(3,4)5;;;/h2H2,1H3,(H,3,4,5);;;. The SMILES string of the molecule is CCOOS(=O)(=O)O.[MgH2]. The second-order valence-corrected chi connectivity index (χ2v) is 1.89. The van der Waals surface area contributed by atoms with Gasteiger partial charge in [-0.1, -0.05) is 4.33 Å². The van der Waals surface area contributed by atoms with Crippen LogP contribution < -0.4 is 0 Å². The first-order chi connectivity index (χ1) is 3.56. The van der Waals surface area contributed by atoms with Gasteiger partial charge in [0.1, 0.15) is 0 Å². The zero-order chi connectivity index (χ0) is 6.62. The van der Waals surface area contributed by atoms with Crippen LogP contribution in [0.4, 0.5) is 0 Å². The van der Waals surface area contributed by atoms with Crippen LogP contribution in [0.5, 0.6) is 0 Å². The first-order valence-corrected chi connectivity index (χ1v) is 3.21. The van der Waals surface area contributed by atoms with Crippen LogP contribution in [0.15, 0.2) is 0 Å². The third-order valence-electron chi connectivity index (χ3n) is 0.252. The van der Waals surface area contributed by atoms with E-state index in [0.29, 0.717) is 0 Å². The molecule has 0 radical (unpaired) electrons. The summed E-state index contributed by atoms with van der Waals surface area (Å²) in [6.07, 6.45) is 0. The third-order valence-corrected chi connectivity index (χ3v) is 0.520. The predicted octanol–water partition coefficient (Wildman–Crippen LogP) is -1.16. The Morgan fingerprint density at radius 2 is 2.00 bits per heavy atom. The first-order valence-electron chi connectivity index (χ1n) is 1.85. The molecule has 0 amide bonds. The summed E-state index contributed by atoms with van der Waals surface area (Å²) >= 11 is 0. The van der Waals surface area contributed by atoms with Crippen LogP contribution in [0, 0.1) is 0 Å². The van der Waals surface area contributed by atoms with Crippen LogP contribution >= 0.6 is 0 Å². The van der Waals surface area contributed by atoms with E-state index in [0.717, 1.165) is 0 Å². The van der Waals surface area contributed by atoms with Crippen molar-refractivity contribution in [1.82, 2.24) is 0 Å². The van der Waals surface area contributed by atoms with Gasteiger partial charge in [0, 0.05) is 0 Å². The maximum atomic E-state index is 9.60. The minimum absolute atomic E-state index is 0. The van der Waals surface area contributed by atoms with Gasteiger partial charge in [0.15, 0.2) is 0 Å². The normalized spacial score (nSPS) is 10.4. The molecule has 1 N–H and O–H groups in total. The number of hydrogen-bond acceptors (Lipinski definition) is 4. The Morgan fingerprint density at radius 1 is 1.56 bits per heavy atom. The van der Waals surface area contributed by atoms with Crippen molar-refractivity contribution >= 4 is 33.5 Å². The molecule has 0 fully saturated rings. The van der Waals surface area contributed by atoms with Gasteiger partial charge in [-0.15, -0.1) is 0 Å². The fourth-order valence-electron chi connectivity index (χ4n) is 0.109. The van der Waals surface area contributed by atoms with Crippen molar-refractivity contribution in [3.63, 3.8) is 0 Å². The molecule has 7 heteroatoms. The van der Waals surface area contributed by atoms with Crippen LogP contribution in [-0.2, 0) is 19.6 Å². The molecule has 0 bridgehead atoms. The topological polar surface area (TPSA) is 72.8 Å². The molecule has 54 valence electrons. The average Bonchev–Trinajstić information content (AvgIpc) is 1.59. The Hall–Kier alpha value is 0.596. The second-order valence-electron chi connectivity index (χ2n) is 0.902. The second kappa shape index (κ2) is 5.39. The minimum atomic E-state index is -4.41. The van der Waals surface area contributed by atoms with Gasteiger partial charge in [-0.2, -0.15) is 8.42 Å². The van der Waals surface area contributed by atoms with E-state index in [-0.39, 0.29) is 29.7 Å². The summed E-state index contributed by atoms with van der Waals surface area (Å²) in [5.74, 6) is 0. The van der Waals surface area contributed by atoms with E-state index in [9.17, 15) is 8.42 Å². The Morgan fingerprint density at radius 3 is 2.11 bits per heavy atom. The van der Waals surface area contributed by atoms with E-state index in [1.165, 1.54) is 6.92 Å². The molecule has 0 aliphatic carbocycles. The maximum absolute atomic E-state index is 9.60. The molecule has 0 heterocycles. The Balaban J connectivity index is 0. The minimum Gasteiger partial charge on any atom is -0.262 e. The van der Waals surface area contributed by atoms with Crippen molar-refractivity contribution < 1.29 is 22.2 Å². The van der Waals surface area contributed by atoms with Crippen molar-refractivity contribution in [2.45, 2.75) is 6.92 Å². The summed E-state index contributed by atoms with van der Waals surface area (Å²) in [5.41, 5.74) is 0. The van der Waals surface area contributed by atoms with Gasteiger partial charge in [0.25, 0.3) is 0 Å². The van der Waals surface area contributed by atoms with Gasteiger partial charge in [-0.3, -0.25) is 4.55 Å². The summed E-state index contributed by atoms with van der Waals surface area (Å²) in [6, 6.07) is 0. The van der Waals surface area contributed by atoms with Crippen LogP contribution in [0.1, 0.15) is 6.92 Å². The summed E-state index contributed by atoms with van der Waals surface area (Å²) in [7, 11) is -4.41. The lowest BCUT2D eigenvalue weighted by Gasteiger charge is -1.92.